The molecular weight excluding hydrogens is 270 g/mol. The average molecular weight is 284 g/mol. The molecule has 102 valence electrons. The van der Waals surface area contributed by atoms with Crippen molar-refractivity contribution in [1.82, 2.24) is 4.90 Å². The van der Waals surface area contributed by atoms with Gasteiger partial charge in [-0.05, 0) is 31.0 Å². The normalized spacial score (nSPS) is 14.0. The first-order valence-corrected chi connectivity index (χ1v) is 6.27. The van der Waals surface area contributed by atoms with Gasteiger partial charge in [0.25, 0.3) is 5.91 Å². The van der Waals surface area contributed by atoms with E-state index in [4.69, 9.17) is 21.4 Å². The minimum absolute atomic E-state index is 0.00675. The van der Waals surface area contributed by atoms with Crippen molar-refractivity contribution < 1.29 is 19.4 Å². The standard InChI is InChI=1S/C13H14ClNO4/c1-19-11-5-2-8(14)6-10(11)13(18)15(7-12(16)17)9-3-4-9/h2,5-6,9H,3-4,7H2,1H3,(H,16,17). The summed E-state index contributed by atoms with van der Waals surface area (Å²) in [7, 11) is 1.46. The van der Waals surface area contributed by atoms with Crippen molar-refractivity contribution in [2.24, 2.45) is 0 Å². The topological polar surface area (TPSA) is 66.8 Å². The number of hydrogen-bond donors (Lipinski definition) is 1. The summed E-state index contributed by atoms with van der Waals surface area (Å²) in [5.41, 5.74) is 0.295. The van der Waals surface area contributed by atoms with E-state index in [-0.39, 0.29) is 18.5 Å². The van der Waals surface area contributed by atoms with E-state index in [0.717, 1.165) is 12.8 Å². The zero-order chi connectivity index (χ0) is 14.0. The maximum Gasteiger partial charge on any atom is 0.323 e. The van der Waals surface area contributed by atoms with Crippen LogP contribution in [0.15, 0.2) is 18.2 Å². The van der Waals surface area contributed by atoms with Crippen LogP contribution in [0.4, 0.5) is 0 Å². The van der Waals surface area contributed by atoms with Gasteiger partial charge in [0.05, 0.1) is 12.7 Å². The third-order valence-corrected chi connectivity index (χ3v) is 3.18. The number of benzene rings is 1. The highest BCUT2D eigenvalue weighted by Gasteiger charge is 2.35. The van der Waals surface area contributed by atoms with Crippen molar-refractivity contribution in [2.75, 3.05) is 13.7 Å². The third-order valence-electron chi connectivity index (χ3n) is 2.95. The Morgan fingerprint density at radius 2 is 2.16 bits per heavy atom. The largest absolute Gasteiger partial charge is 0.496 e. The Kier molecular flexibility index (Phi) is 3.95. The van der Waals surface area contributed by atoms with E-state index < -0.39 is 5.97 Å². The van der Waals surface area contributed by atoms with E-state index in [2.05, 4.69) is 0 Å². The van der Waals surface area contributed by atoms with E-state index in [1.54, 1.807) is 12.1 Å². The third kappa shape index (κ3) is 3.17. The maximum absolute atomic E-state index is 12.4. The lowest BCUT2D eigenvalue weighted by Gasteiger charge is -2.21. The van der Waals surface area contributed by atoms with Crippen LogP contribution in [0, 0.1) is 0 Å². The monoisotopic (exact) mass is 283 g/mol. The Labute approximate surface area is 115 Å². The number of carbonyl (C=O) groups is 2. The predicted molar refractivity (Wildman–Crippen MR) is 69.7 cm³/mol. The second-order valence-corrected chi connectivity index (χ2v) is 4.84. The van der Waals surface area contributed by atoms with Crippen molar-refractivity contribution in [3.8, 4) is 5.75 Å². The minimum atomic E-state index is -1.03. The van der Waals surface area contributed by atoms with E-state index in [1.807, 2.05) is 0 Å². The number of hydrogen-bond acceptors (Lipinski definition) is 3. The minimum Gasteiger partial charge on any atom is -0.496 e. The molecule has 1 aromatic rings. The van der Waals surface area contributed by atoms with Gasteiger partial charge in [-0.3, -0.25) is 9.59 Å². The quantitative estimate of drug-likeness (QED) is 0.898. The number of carboxylic acid groups (broad SMARTS) is 1. The number of halogens is 1. The van der Waals surface area contributed by atoms with Gasteiger partial charge in [-0.2, -0.15) is 0 Å². The summed E-state index contributed by atoms with van der Waals surface area (Å²) in [4.78, 5) is 24.6. The van der Waals surface area contributed by atoms with Gasteiger partial charge in [-0.1, -0.05) is 11.6 Å². The summed E-state index contributed by atoms with van der Waals surface area (Å²) in [6.07, 6.45) is 1.67. The molecule has 0 aromatic heterocycles. The van der Waals surface area contributed by atoms with E-state index >= 15 is 0 Å². The molecule has 1 fully saturated rings. The first-order chi connectivity index (χ1) is 9.02. The van der Waals surface area contributed by atoms with Gasteiger partial charge < -0.3 is 14.7 Å². The van der Waals surface area contributed by atoms with Gasteiger partial charge in [0, 0.05) is 11.1 Å². The maximum atomic E-state index is 12.4. The second kappa shape index (κ2) is 5.48. The Balaban J connectivity index is 2.30. The number of methoxy groups -OCH3 is 1. The molecule has 0 atom stereocenters. The summed E-state index contributed by atoms with van der Waals surface area (Å²) in [6, 6.07) is 4.73. The lowest BCUT2D eigenvalue weighted by Crippen LogP contribution is -2.37. The number of aliphatic carboxylic acids is 1. The molecule has 1 aromatic carbocycles. The van der Waals surface area contributed by atoms with Gasteiger partial charge in [0.1, 0.15) is 12.3 Å². The first kappa shape index (κ1) is 13.7. The molecule has 0 spiro atoms. The fourth-order valence-electron chi connectivity index (χ4n) is 1.90. The number of amides is 1. The van der Waals surface area contributed by atoms with Crippen LogP contribution in [0.2, 0.25) is 5.02 Å². The molecule has 0 saturated heterocycles. The molecule has 0 bridgehead atoms. The lowest BCUT2D eigenvalue weighted by molar-refractivity contribution is -0.137. The fourth-order valence-corrected chi connectivity index (χ4v) is 2.07. The molecule has 1 aliphatic carbocycles. The van der Waals surface area contributed by atoms with Crippen LogP contribution < -0.4 is 4.74 Å². The van der Waals surface area contributed by atoms with Gasteiger partial charge in [-0.25, -0.2) is 0 Å². The number of rotatable bonds is 5. The van der Waals surface area contributed by atoms with Crippen LogP contribution >= 0.6 is 11.6 Å². The highest BCUT2D eigenvalue weighted by Crippen LogP contribution is 2.31. The van der Waals surface area contributed by atoms with Crippen LogP contribution in [-0.2, 0) is 4.79 Å². The second-order valence-electron chi connectivity index (χ2n) is 4.40. The van der Waals surface area contributed by atoms with Crippen molar-refractivity contribution in [3.05, 3.63) is 28.8 Å². The summed E-state index contributed by atoms with van der Waals surface area (Å²) in [6.45, 7) is -0.306. The Morgan fingerprint density at radius 3 is 2.68 bits per heavy atom. The van der Waals surface area contributed by atoms with Crippen LogP contribution in [0.1, 0.15) is 23.2 Å². The molecule has 0 unspecified atom stereocenters. The summed E-state index contributed by atoms with van der Waals surface area (Å²) >= 11 is 5.88. The Morgan fingerprint density at radius 1 is 1.47 bits per heavy atom. The number of nitrogens with zero attached hydrogens (tertiary/aromatic N) is 1. The first-order valence-electron chi connectivity index (χ1n) is 5.89. The number of carbonyl (C=O) groups excluding carboxylic acids is 1. The highest BCUT2D eigenvalue weighted by atomic mass is 35.5. The van der Waals surface area contributed by atoms with Crippen molar-refractivity contribution in [3.63, 3.8) is 0 Å². The van der Waals surface area contributed by atoms with Crippen LogP contribution in [0.25, 0.3) is 0 Å². The highest BCUT2D eigenvalue weighted by molar-refractivity contribution is 6.31. The fraction of sp³-hybridized carbons (Fsp3) is 0.385. The molecule has 0 radical (unpaired) electrons. The lowest BCUT2D eigenvalue weighted by atomic mass is 10.1. The van der Waals surface area contributed by atoms with Gasteiger partial charge in [-0.15, -0.1) is 0 Å². The van der Waals surface area contributed by atoms with Gasteiger partial charge in [0.15, 0.2) is 0 Å². The molecule has 1 aliphatic rings. The van der Waals surface area contributed by atoms with Crippen molar-refractivity contribution >= 4 is 23.5 Å². The summed E-state index contributed by atoms with van der Waals surface area (Å²) in [5, 5.41) is 9.30. The zero-order valence-corrected chi connectivity index (χ0v) is 11.2. The average Bonchev–Trinajstić information content (AvgIpc) is 3.19. The summed E-state index contributed by atoms with van der Waals surface area (Å²) in [5.74, 6) is -0.990. The smallest absolute Gasteiger partial charge is 0.323 e. The molecule has 2 rings (SSSR count). The predicted octanol–water partition coefficient (Wildman–Crippen LogP) is 2.04. The number of ether oxygens (including phenoxy) is 1. The Hall–Kier alpha value is -1.75. The molecule has 1 amide bonds. The summed E-state index contributed by atoms with van der Waals surface area (Å²) < 4.78 is 5.12. The van der Waals surface area contributed by atoms with E-state index in [9.17, 15) is 9.59 Å². The van der Waals surface area contributed by atoms with Crippen molar-refractivity contribution in [2.45, 2.75) is 18.9 Å². The SMILES string of the molecule is COc1ccc(Cl)cc1C(=O)N(CC(=O)O)C1CC1. The Bertz CT molecular complexity index is 513. The molecule has 1 N–H and O–H groups in total. The van der Waals surface area contributed by atoms with Gasteiger partial charge in [0.2, 0.25) is 0 Å². The molecule has 1 saturated carbocycles. The van der Waals surface area contributed by atoms with E-state index in [0.29, 0.717) is 16.3 Å². The molecule has 6 heteroatoms. The number of carboxylic acids is 1. The van der Waals surface area contributed by atoms with E-state index in [1.165, 1.54) is 18.1 Å². The molecule has 0 aliphatic heterocycles. The molecular formula is C13H14ClNO4. The van der Waals surface area contributed by atoms with Crippen LogP contribution in [-0.4, -0.2) is 41.6 Å². The van der Waals surface area contributed by atoms with Crippen LogP contribution in [0.3, 0.4) is 0 Å². The molecule has 0 heterocycles. The van der Waals surface area contributed by atoms with Crippen molar-refractivity contribution in [1.29, 1.82) is 0 Å². The van der Waals surface area contributed by atoms with Gasteiger partial charge >= 0.3 is 5.97 Å². The molecule has 5 nitrogen and oxygen atoms in total. The molecule has 19 heavy (non-hydrogen) atoms. The zero-order valence-electron chi connectivity index (χ0n) is 10.4. The van der Waals surface area contributed by atoms with Crippen LogP contribution in [0.5, 0.6) is 5.75 Å².